The van der Waals surface area contributed by atoms with Gasteiger partial charge in [0, 0.05) is 0 Å². The van der Waals surface area contributed by atoms with E-state index in [4.69, 9.17) is 4.74 Å². The molecule has 98 valence electrons. The summed E-state index contributed by atoms with van der Waals surface area (Å²) in [7, 11) is 0. The summed E-state index contributed by atoms with van der Waals surface area (Å²) in [5.41, 5.74) is 1.02. The third-order valence-electron chi connectivity index (χ3n) is 2.15. The van der Waals surface area contributed by atoms with Crippen molar-refractivity contribution < 1.29 is 9.13 Å². The van der Waals surface area contributed by atoms with Crippen molar-refractivity contribution in [3.8, 4) is 5.75 Å². The van der Waals surface area contributed by atoms with Crippen LogP contribution in [-0.2, 0) is 13.0 Å². The largest absolute Gasteiger partial charge is 0.482 e. The highest BCUT2D eigenvalue weighted by Crippen LogP contribution is 2.19. The van der Waals surface area contributed by atoms with E-state index in [0.717, 1.165) is 12.0 Å². The highest BCUT2D eigenvalue weighted by atomic mass is 19.1. The van der Waals surface area contributed by atoms with E-state index in [1.807, 2.05) is 20.8 Å². The predicted molar refractivity (Wildman–Crippen MR) is 65.6 cm³/mol. The van der Waals surface area contributed by atoms with E-state index in [0.29, 0.717) is 5.82 Å². The van der Waals surface area contributed by atoms with Gasteiger partial charge in [0.05, 0.1) is 0 Å². The monoisotopic (exact) mass is 252 g/mol. The molecule has 5 nitrogen and oxygen atoms in total. The topological polar surface area (TPSA) is 63.7 Å². The van der Waals surface area contributed by atoms with Crippen molar-refractivity contribution in [2.75, 3.05) is 0 Å². The summed E-state index contributed by atoms with van der Waals surface area (Å²) < 4.78 is 18.6. The Morgan fingerprint density at radius 3 is 2.72 bits per heavy atom. The molecule has 1 aromatic carbocycles. The molecule has 6 heteroatoms. The molecule has 18 heavy (non-hydrogen) atoms. The number of aromatic nitrogens is 4. The number of nitrogens with one attached hydrogen (secondary N) is 1. The number of benzene rings is 1. The molecule has 1 N–H and O–H groups in total. The van der Waals surface area contributed by atoms with Crippen molar-refractivity contribution in [1.29, 1.82) is 0 Å². The van der Waals surface area contributed by atoms with Crippen LogP contribution >= 0.6 is 0 Å². The number of aromatic amines is 1. The van der Waals surface area contributed by atoms with Gasteiger partial charge in [0.2, 0.25) is 5.82 Å². The Morgan fingerprint density at radius 1 is 1.33 bits per heavy atom. The normalized spacial score (nSPS) is 9.56. The first kappa shape index (κ1) is 14.1. The fourth-order valence-electron chi connectivity index (χ4n) is 1.26. The Bertz CT molecular complexity index is 459. The van der Waals surface area contributed by atoms with E-state index in [1.54, 1.807) is 12.1 Å². The lowest BCUT2D eigenvalue weighted by atomic mass is 10.1. The van der Waals surface area contributed by atoms with Gasteiger partial charge >= 0.3 is 0 Å². The number of tetrazole rings is 1. The molecule has 2 rings (SSSR count). The van der Waals surface area contributed by atoms with Gasteiger partial charge in [-0.2, -0.15) is 5.21 Å². The molecular formula is C12H17FN4O. The molecule has 0 radical (unpaired) electrons. The Labute approximate surface area is 105 Å². The number of nitrogens with zero attached hydrogens (tertiary/aromatic N) is 3. The molecule has 0 aliphatic heterocycles. The first-order chi connectivity index (χ1) is 8.79. The number of ether oxygens (including phenoxy) is 1. The average molecular weight is 252 g/mol. The minimum atomic E-state index is -0.388. The van der Waals surface area contributed by atoms with Crippen molar-refractivity contribution in [3.63, 3.8) is 0 Å². The molecule has 0 aliphatic rings. The van der Waals surface area contributed by atoms with E-state index < -0.39 is 0 Å². The molecule has 0 atom stereocenters. The first-order valence-corrected chi connectivity index (χ1v) is 5.93. The first-order valence-electron chi connectivity index (χ1n) is 5.93. The number of rotatable bonds is 4. The van der Waals surface area contributed by atoms with Crippen molar-refractivity contribution >= 4 is 0 Å². The maximum atomic E-state index is 13.3. The second kappa shape index (κ2) is 7.37. The Kier molecular flexibility index (Phi) is 5.76. The van der Waals surface area contributed by atoms with E-state index in [1.165, 1.54) is 6.07 Å². The van der Waals surface area contributed by atoms with Crippen LogP contribution in [0, 0.1) is 5.82 Å². The fourth-order valence-corrected chi connectivity index (χ4v) is 1.26. The standard InChI is InChI=1S/C10H11FN4O.C2H6/c1-2-7-3-4-8(11)9(5-7)16-6-10-12-14-15-13-10;1-2/h3-5H,2,6H2,1H3,(H,12,13,14,15);1-2H3. The lowest BCUT2D eigenvalue weighted by Gasteiger charge is -2.06. The number of hydrogen-bond acceptors (Lipinski definition) is 4. The number of H-pyrrole nitrogens is 1. The average Bonchev–Trinajstić information content (AvgIpc) is 2.93. The molecule has 0 saturated heterocycles. The molecule has 0 unspecified atom stereocenters. The van der Waals surface area contributed by atoms with Crippen LogP contribution in [0.25, 0.3) is 0 Å². The van der Waals surface area contributed by atoms with Gasteiger partial charge in [0.15, 0.2) is 18.2 Å². The number of hydrogen-bond donors (Lipinski definition) is 1. The zero-order valence-electron chi connectivity index (χ0n) is 10.8. The molecule has 0 bridgehead atoms. The van der Waals surface area contributed by atoms with Gasteiger partial charge < -0.3 is 4.74 Å². The van der Waals surface area contributed by atoms with Gasteiger partial charge in [-0.25, -0.2) is 4.39 Å². The third kappa shape index (κ3) is 3.80. The van der Waals surface area contributed by atoms with Crippen LogP contribution in [0.2, 0.25) is 0 Å². The number of halogens is 1. The van der Waals surface area contributed by atoms with Gasteiger partial charge in [-0.05, 0) is 24.1 Å². The van der Waals surface area contributed by atoms with Crippen molar-refractivity contribution in [2.24, 2.45) is 0 Å². The smallest absolute Gasteiger partial charge is 0.211 e. The maximum absolute atomic E-state index is 13.3. The summed E-state index contributed by atoms with van der Waals surface area (Å²) in [6.07, 6.45) is 0.832. The van der Waals surface area contributed by atoms with Gasteiger partial charge in [0.25, 0.3) is 0 Å². The molecule has 0 spiro atoms. The Balaban J connectivity index is 0.000000771. The highest BCUT2D eigenvalue weighted by molar-refractivity contribution is 5.30. The second-order valence-corrected chi connectivity index (χ2v) is 3.24. The summed E-state index contributed by atoms with van der Waals surface area (Å²) in [6.45, 7) is 6.09. The summed E-state index contributed by atoms with van der Waals surface area (Å²) in [5, 5.41) is 13.1. The maximum Gasteiger partial charge on any atom is 0.211 e. The summed E-state index contributed by atoms with van der Waals surface area (Å²) in [4.78, 5) is 0. The van der Waals surface area contributed by atoms with Gasteiger partial charge in [0.1, 0.15) is 0 Å². The lowest BCUT2D eigenvalue weighted by Crippen LogP contribution is -2.00. The van der Waals surface area contributed by atoms with Gasteiger partial charge in [-0.15, -0.1) is 10.2 Å². The highest BCUT2D eigenvalue weighted by Gasteiger charge is 2.06. The summed E-state index contributed by atoms with van der Waals surface area (Å²) in [5.74, 6) is 0.214. The SMILES string of the molecule is CC.CCc1ccc(F)c(OCc2nn[nH]n2)c1. The predicted octanol–water partition coefficient (Wildman–Crippen LogP) is 2.51. The van der Waals surface area contributed by atoms with Crippen molar-refractivity contribution in [2.45, 2.75) is 33.8 Å². The van der Waals surface area contributed by atoms with Crippen LogP contribution in [-0.4, -0.2) is 20.6 Å². The third-order valence-corrected chi connectivity index (χ3v) is 2.15. The fraction of sp³-hybridized carbons (Fsp3) is 0.417. The Hall–Kier alpha value is -1.98. The van der Waals surface area contributed by atoms with E-state index in [9.17, 15) is 4.39 Å². The van der Waals surface area contributed by atoms with Gasteiger partial charge in [-0.3, -0.25) is 0 Å². The molecule has 1 heterocycles. The molecule has 0 aliphatic carbocycles. The van der Waals surface area contributed by atoms with Crippen LogP contribution < -0.4 is 4.74 Å². The zero-order chi connectivity index (χ0) is 13.4. The lowest BCUT2D eigenvalue weighted by molar-refractivity contribution is 0.281. The van der Waals surface area contributed by atoms with Crippen LogP contribution in [0.15, 0.2) is 18.2 Å². The van der Waals surface area contributed by atoms with Gasteiger partial charge in [-0.1, -0.05) is 32.1 Å². The van der Waals surface area contributed by atoms with E-state index in [-0.39, 0.29) is 18.2 Å². The molecular weight excluding hydrogens is 235 g/mol. The van der Waals surface area contributed by atoms with E-state index in [2.05, 4.69) is 20.6 Å². The van der Waals surface area contributed by atoms with Crippen LogP contribution in [0.1, 0.15) is 32.2 Å². The van der Waals surface area contributed by atoms with Crippen molar-refractivity contribution in [3.05, 3.63) is 35.4 Å². The minimum Gasteiger partial charge on any atom is -0.482 e. The molecule has 0 fully saturated rings. The van der Waals surface area contributed by atoms with E-state index >= 15 is 0 Å². The minimum absolute atomic E-state index is 0.0978. The summed E-state index contributed by atoms with van der Waals surface area (Å²) >= 11 is 0. The Morgan fingerprint density at radius 2 is 2.11 bits per heavy atom. The van der Waals surface area contributed by atoms with Crippen molar-refractivity contribution in [1.82, 2.24) is 20.6 Å². The summed E-state index contributed by atoms with van der Waals surface area (Å²) in [6, 6.07) is 4.80. The molecule has 0 saturated carbocycles. The second-order valence-electron chi connectivity index (χ2n) is 3.24. The zero-order valence-corrected chi connectivity index (χ0v) is 10.8. The van der Waals surface area contributed by atoms with Crippen LogP contribution in [0.5, 0.6) is 5.75 Å². The molecule has 0 amide bonds. The quantitative estimate of drug-likeness (QED) is 0.908. The van der Waals surface area contributed by atoms with Crippen LogP contribution in [0.3, 0.4) is 0 Å². The molecule has 1 aromatic heterocycles. The number of aryl methyl sites for hydroxylation is 1. The molecule has 2 aromatic rings. The van der Waals surface area contributed by atoms with Crippen LogP contribution in [0.4, 0.5) is 4.39 Å².